The van der Waals surface area contributed by atoms with Crippen molar-refractivity contribution in [3.8, 4) is 5.75 Å². The van der Waals surface area contributed by atoms with Crippen LogP contribution in [0.3, 0.4) is 0 Å². The maximum atomic E-state index is 5.22. The van der Waals surface area contributed by atoms with Crippen molar-refractivity contribution in [3.63, 3.8) is 0 Å². The van der Waals surface area contributed by atoms with Crippen LogP contribution < -0.4 is 15.5 Å². The molecule has 1 heterocycles. The van der Waals surface area contributed by atoms with Gasteiger partial charge in [0.25, 0.3) is 0 Å². The van der Waals surface area contributed by atoms with Crippen molar-refractivity contribution in [3.05, 3.63) is 54.0 Å². The quantitative estimate of drug-likeness (QED) is 0.502. The molecule has 1 aromatic heterocycles. The van der Waals surface area contributed by atoms with Crippen LogP contribution in [0.1, 0.15) is 11.3 Å². The predicted molar refractivity (Wildman–Crippen MR) is 81.9 cm³/mol. The maximum absolute atomic E-state index is 5.22. The molecule has 0 saturated carbocycles. The molecule has 0 fully saturated rings. The summed E-state index contributed by atoms with van der Waals surface area (Å²) < 4.78 is 10.4. The lowest BCUT2D eigenvalue weighted by atomic mass is 10.2. The minimum absolute atomic E-state index is 0.424. The zero-order valence-corrected chi connectivity index (χ0v) is 11.8. The highest BCUT2D eigenvalue weighted by molar-refractivity contribution is 7.80. The number of methoxy groups -OCH3 is 1. The highest BCUT2D eigenvalue weighted by atomic mass is 32.1. The van der Waals surface area contributed by atoms with E-state index in [2.05, 4.69) is 15.8 Å². The van der Waals surface area contributed by atoms with Gasteiger partial charge in [-0.25, -0.2) is 0 Å². The lowest BCUT2D eigenvalue weighted by Crippen LogP contribution is -2.31. The lowest BCUT2D eigenvalue weighted by Gasteiger charge is -2.05. The van der Waals surface area contributed by atoms with E-state index in [9.17, 15) is 0 Å². The number of thiocarbonyl (C=S) groups is 1. The van der Waals surface area contributed by atoms with Crippen LogP contribution in [0, 0.1) is 0 Å². The van der Waals surface area contributed by atoms with Crippen LogP contribution in [0.5, 0.6) is 5.75 Å². The summed E-state index contributed by atoms with van der Waals surface area (Å²) in [5, 5.41) is 7.47. The highest BCUT2D eigenvalue weighted by Crippen LogP contribution is 2.14. The van der Waals surface area contributed by atoms with Gasteiger partial charge in [-0.1, -0.05) is 12.1 Å². The highest BCUT2D eigenvalue weighted by Gasteiger charge is 1.99. The summed E-state index contributed by atoms with van der Waals surface area (Å²) in [5.74, 6) is 1.57. The second kappa shape index (κ2) is 7.30. The number of para-hydroxylation sites is 1. The molecule has 0 radical (unpaired) electrons. The molecule has 2 rings (SSSR count). The first kappa shape index (κ1) is 14.1. The van der Waals surface area contributed by atoms with Gasteiger partial charge in [0.1, 0.15) is 11.5 Å². The molecule has 0 bridgehead atoms. The third kappa shape index (κ3) is 4.10. The van der Waals surface area contributed by atoms with E-state index in [0.29, 0.717) is 11.7 Å². The average molecular weight is 289 g/mol. The van der Waals surface area contributed by atoms with Gasteiger partial charge >= 0.3 is 0 Å². The predicted octanol–water partition coefficient (Wildman–Crippen LogP) is 2.29. The molecule has 5 nitrogen and oxygen atoms in total. The molecule has 104 valence electrons. The Balaban J connectivity index is 1.82. The molecular weight excluding hydrogens is 274 g/mol. The van der Waals surface area contributed by atoms with Gasteiger partial charge < -0.3 is 14.5 Å². The Kier molecular flexibility index (Phi) is 5.14. The van der Waals surface area contributed by atoms with Gasteiger partial charge in [-0.05, 0) is 36.5 Å². The Hall–Kier alpha value is -2.34. The van der Waals surface area contributed by atoms with E-state index >= 15 is 0 Å². The fourth-order valence-electron chi connectivity index (χ4n) is 1.55. The number of hydrogen-bond acceptors (Lipinski definition) is 4. The van der Waals surface area contributed by atoms with Crippen LogP contribution in [-0.2, 0) is 6.54 Å². The monoisotopic (exact) mass is 289 g/mol. The molecule has 0 amide bonds. The minimum atomic E-state index is 0.424. The summed E-state index contributed by atoms with van der Waals surface area (Å²) >= 11 is 5.09. The Morgan fingerprint density at radius 1 is 1.35 bits per heavy atom. The Morgan fingerprint density at radius 3 is 2.95 bits per heavy atom. The molecule has 0 aliphatic rings. The summed E-state index contributed by atoms with van der Waals surface area (Å²) in [7, 11) is 1.62. The molecule has 2 aromatic rings. The van der Waals surface area contributed by atoms with E-state index in [0.717, 1.165) is 17.1 Å². The Bertz CT molecular complexity index is 582. The fourth-order valence-corrected chi connectivity index (χ4v) is 1.68. The van der Waals surface area contributed by atoms with Crippen molar-refractivity contribution in [2.45, 2.75) is 6.54 Å². The van der Waals surface area contributed by atoms with Gasteiger partial charge in [-0.2, -0.15) is 5.10 Å². The molecule has 0 aliphatic carbocycles. The molecule has 0 saturated heterocycles. The van der Waals surface area contributed by atoms with E-state index in [1.165, 1.54) is 0 Å². The van der Waals surface area contributed by atoms with Crippen molar-refractivity contribution in [2.75, 3.05) is 7.11 Å². The lowest BCUT2D eigenvalue weighted by molar-refractivity contribution is 0.414. The van der Waals surface area contributed by atoms with Gasteiger partial charge in [0.2, 0.25) is 0 Å². The summed E-state index contributed by atoms with van der Waals surface area (Å²) in [4.78, 5) is 0. The van der Waals surface area contributed by atoms with E-state index in [4.69, 9.17) is 21.4 Å². The van der Waals surface area contributed by atoms with Crippen LogP contribution in [-0.4, -0.2) is 18.4 Å². The van der Waals surface area contributed by atoms with Gasteiger partial charge in [0, 0.05) is 5.56 Å². The zero-order chi connectivity index (χ0) is 14.2. The first-order valence-electron chi connectivity index (χ1n) is 6.02. The summed E-state index contributed by atoms with van der Waals surface area (Å²) in [6.07, 6.45) is 3.27. The van der Waals surface area contributed by atoms with Crippen molar-refractivity contribution in [1.82, 2.24) is 10.7 Å². The zero-order valence-electron chi connectivity index (χ0n) is 11.0. The number of hydrogen-bond donors (Lipinski definition) is 2. The number of rotatable bonds is 5. The number of ether oxygens (including phenoxy) is 1. The van der Waals surface area contributed by atoms with Crippen molar-refractivity contribution in [1.29, 1.82) is 0 Å². The largest absolute Gasteiger partial charge is 0.496 e. The maximum Gasteiger partial charge on any atom is 0.187 e. The molecule has 2 N–H and O–H groups in total. The molecular formula is C14H15N3O2S. The first-order chi connectivity index (χ1) is 9.79. The first-order valence-corrected chi connectivity index (χ1v) is 6.42. The van der Waals surface area contributed by atoms with Gasteiger partial charge in [0.05, 0.1) is 26.1 Å². The normalized spacial score (nSPS) is 10.4. The standard InChI is InChI=1S/C14H15N3O2S/c1-18-13-7-3-2-5-11(13)9-16-17-14(20)15-10-12-6-4-8-19-12/h2-9H,10H2,1H3,(H2,15,17,20). The number of furan rings is 1. The number of benzene rings is 1. The molecule has 20 heavy (non-hydrogen) atoms. The average Bonchev–Trinajstić information content (AvgIpc) is 2.99. The van der Waals surface area contributed by atoms with Crippen LogP contribution in [0.2, 0.25) is 0 Å². The summed E-state index contributed by atoms with van der Waals surface area (Å²) in [6, 6.07) is 11.3. The smallest absolute Gasteiger partial charge is 0.187 e. The topological polar surface area (TPSA) is 58.8 Å². The summed E-state index contributed by atoms with van der Waals surface area (Å²) in [5.41, 5.74) is 3.61. The van der Waals surface area contributed by atoms with E-state index in [1.54, 1.807) is 19.6 Å². The van der Waals surface area contributed by atoms with Gasteiger partial charge in [0.15, 0.2) is 5.11 Å². The second-order valence-electron chi connectivity index (χ2n) is 3.87. The van der Waals surface area contributed by atoms with Crippen molar-refractivity contribution < 1.29 is 9.15 Å². The molecule has 0 unspecified atom stereocenters. The number of hydrazone groups is 1. The third-order valence-corrected chi connectivity index (χ3v) is 2.75. The van der Waals surface area contributed by atoms with Crippen LogP contribution in [0.4, 0.5) is 0 Å². The number of nitrogens with one attached hydrogen (secondary N) is 2. The van der Waals surface area contributed by atoms with Crippen LogP contribution >= 0.6 is 12.2 Å². The van der Waals surface area contributed by atoms with Crippen LogP contribution in [0.15, 0.2) is 52.2 Å². The molecule has 0 aliphatic heterocycles. The van der Waals surface area contributed by atoms with Crippen molar-refractivity contribution >= 4 is 23.5 Å². The summed E-state index contributed by atoms with van der Waals surface area (Å²) in [6.45, 7) is 0.517. The third-order valence-electron chi connectivity index (χ3n) is 2.51. The second-order valence-corrected chi connectivity index (χ2v) is 4.28. The van der Waals surface area contributed by atoms with Gasteiger partial charge in [-0.3, -0.25) is 5.43 Å². The minimum Gasteiger partial charge on any atom is -0.496 e. The van der Waals surface area contributed by atoms with Crippen molar-refractivity contribution in [2.24, 2.45) is 5.10 Å². The van der Waals surface area contributed by atoms with E-state index < -0.39 is 0 Å². The van der Waals surface area contributed by atoms with Gasteiger partial charge in [-0.15, -0.1) is 0 Å². The van der Waals surface area contributed by atoms with E-state index in [1.807, 2.05) is 36.4 Å². The number of nitrogens with zero attached hydrogens (tertiary/aromatic N) is 1. The molecule has 6 heteroatoms. The Morgan fingerprint density at radius 2 is 2.20 bits per heavy atom. The SMILES string of the molecule is COc1ccccc1C=NNC(=S)NCc1ccco1. The fraction of sp³-hybridized carbons (Fsp3) is 0.143. The Labute approximate surface area is 122 Å². The molecule has 0 spiro atoms. The van der Waals surface area contributed by atoms with Crippen LogP contribution in [0.25, 0.3) is 0 Å². The molecule has 1 aromatic carbocycles. The molecule has 0 atom stereocenters. The van der Waals surface area contributed by atoms with E-state index in [-0.39, 0.29) is 0 Å².